The molecule has 0 bridgehead atoms. The zero-order valence-corrected chi connectivity index (χ0v) is 14.1. The number of rotatable bonds is 5. The van der Waals surface area contributed by atoms with Crippen molar-refractivity contribution in [3.63, 3.8) is 0 Å². The molecular formula is C19H22O2S. The highest BCUT2D eigenvalue weighted by atomic mass is 32.2. The third-order valence-corrected chi connectivity index (χ3v) is 5.11. The van der Waals surface area contributed by atoms with Crippen molar-refractivity contribution in [2.75, 3.05) is 0 Å². The number of hydrogen-bond acceptors (Lipinski definition) is 2. The first-order chi connectivity index (χ1) is 10.4. The van der Waals surface area contributed by atoms with E-state index in [1.54, 1.807) is 0 Å². The van der Waals surface area contributed by atoms with Crippen molar-refractivity contribution in [1.82, 2.24) is 0 Å². The van der Waals surface area contributed by atoms with Crippen molar-refractivity contribution in [2.45, 2.75) is 36.7 Å². The van der Waals surface area contributed by atoms with Gasteiger partial charge in [0.2, 0.25) is 0 Å². The molecule has 0 spiro atoms. The molecule has 0 aliphatic carbocycles. The van der Waals surface area contributed by atoms with E-state index < -0.39 is 16.9 Å². The van der Waals surface area contributed by atoms with E-state index in [0.29, 0.717) is 10.5 Å². The van der Waals surface area contributed by atoms with Gasteiger partial charge in [-0.1, -0.05) is 56.3 Å². The first-order valence-corrected chi connectivity index (χ1v) is 8.51. The summed E-state index contributed by atoms with van der Waals surface area (Å²) in [5, 5.41) is 10.3. The number of benzene rings is 2. The maximum absolute atomic E-state index is 12.9. The van der Waals surface area contributed by atoms with Crippen LogP contribution in [0.25, 0.3) is 5.57 Å². The first kappa shape index (κ1) is 16.7. The second-order valence-corrected chi connectivity index (χ2v) is 7.24. The molecule has 116 valence electrons. The molecule has 0 unspecified atom stereocenters. The molecule has 2 aromatic rings. The van der Waals surface area contributed by atoms with Gasteiger partial charge in [-0.05, 0) is 42.2 Å². The third kappa shape index (κ3) is 3.54. The Balaban J connectivity index is 2.42. The fraction of sp³-hybridized carbons (Fsp3) is 0.263. The van der Waals surface area contributed by atoms with Gasteiger partial charge < -0.3 is 5.11 Å². The zero-order chi connectivity index (χ0) is 16.3. The van der Waals surface area contributed by atoms with Gasteiger partial charge in [0.1, 0.15) is 0 Å². The maximum Gasteiger partial charge on any atom is 0.0855 e. The van der Waals surface area contributed by atoms with Crippen molar-refractivity contribution in [3.05, 3.63) is 66.2 Å². The molecule has 0 aliphatic heterocycles. The summed E-state index contributed by atoms with van der Waals surface area (Å²) in [6.45, 7) is 9.89. The van der Waals surface area contributed by atoms with E-state index in [1.165, 1.54) is 0 Å². The Labute approximate surface area is 135 Å². The maximum atomic E-state index is 12.9. The van der Waals surface area contributed by atoms with E-state index in [4.69, 9.17) is 0 Å². The Morgan fingerprint density at radius 1 is 1.09 bits per heavy atom. The summed E-state index contributed by atoms with van der Waals surface area (Å²) in [5.74, 6) is 0.0633. The van der Waals surface area contributed by atoms with Crippen LogP contribution >= 0.6 is 0 Å². The highest BCUT2D eigenvalue weighted by Gasteiger charge is 2.20. The van der Waals surface area contributed by atoms with Crippen LogP contribution in [0, 0.1) is 12.8 Å². The molecule has 2 rings (SSSR count). The molecule has 22 heavy (non-hydrogen) atoms. The average Bonchev–Trinajstić information content (AvgIpc) is 2.53. The Bertz CT molecular complexity index is 687. The molecule has 0 amide bonds. The molecule has 1 N–H and O–H groups in total. The van der Waals surface area contributed by atoms with Gasteiger partial charge in [0.05, 0.1) is 21.8 Å². The molecule has 3 heteroatoms. The second kappa shape index (κ2) is 7.03. The molecule has 2 nitrogen and oxygen atoms in total. The van der Waals surface area contributed by atoms with Gasteiger partial charge in [-0.15, -0.1) is 0 Å². The second-order valence-electron chi connectivity index (χ2n) is 5.79. The fourth-order valence-corrected chi connectivity index (χ4v) is 3.48. The van der Waals surface area contributed by atoms with Crippen LogP contribution in [0.2, 0.25) is 0 Å². The van der Waals surface area contributed by atoms with E-state index >= 15 is 0 Å². The molecule has 0 saturated heterocycles. The molecule has 0 saturated carbocycles. The van der Waals surface area contributed by atoms with E-state index in [1.807, 2.05) is 69.3 Å². The lowest BCUT2D eigenvalue weighted by atomic mass is 9.94. The SMILES string of the molecule is C=C(c1ccccc1[S@@](=O)c1ccc(C)cc1)[C@@H](O)C(C)C. The molecule has 2 atom stereocenters. The molecule has 0 heterocycles. The number of aliphatic hydroxyl groups is 1. The van der Waals surface area contributed by atoms with Gasteiger partial charge in [-0.2, -0.15) is 0 Å². The highest BCUT2D eigenvalue weighted by Crippen LogP contribution is 2.29. The summed E-state index contributed by atoms with van der Waals surface area (Å²) in [6.07, 6.45) is -0.642. The van der Waals surface area contributed by atoms with Gasteiger partial charge in [-0.25, -0.2) is 4.21 Å². The Morgan fingerprint density at radius 2 is 1.68 bits per heavy atom. The van der Waals surface area contributed by atoms with Crippen LogP contribution in [0.5, 0.6) is 0 Å². The van der Waals surface area contributed by atoms with Crippen molar-refractivity contribution in [1.29, 1.82) is 0 Å². The van der Waals surface area contributed by atoms with Crippen LogP contribution < -0.4 is 0 Å². The Morgan fingerprint density at radius 3 is 2.27 bits per heavy atom. The minimum absolute atomic E-state index is 0.0633. The zero-order valence-electron chi connectivity index (χ0n) is 13.2. The topological polar surface area (TPSA) is 37.3 Å². The smallest absolute Gasteiger partial charge is 0.0855 e. The lowest BCUT2D eigenvalue weighted by Crippen LogP contribution is -2.17. The molecule has 0 aliphatic rings. The van der Waals surface area contributed by atoms with Crippen LogP contribution in [0.15, 0.2) is 64.9 Å². The van der Waals surface area contributed by atoms with Crippen molar-refractivity contribution >= 4 is 16.4 Å². The minimum Gasteiger partial charge on any atom is -0.388 e. The fourth-order valence-electron chi connectivity index (χ4n) is 2.24. The van der Waals surface area contributed by atoms with E-state index in [-0.39, 0.29) is 5.92 Å². The van der Waals surface area contributed by atoms with Crippen LogP contribution in [0.4, 0.5) is 0 Å². The molecule has 0 aromatic heterocycles. The molecule has 2 aromatic carbocycles. The minimum atomic E-state index is -1.29. The van der Waals surface area contributed by atoms with Gasteiger partial charge in [0.25, 0.3) is 0 Å². The number of hydrogen-bond donors (Lipinski definition) is 1. The first-order valence-electron chi connectivity index (χ1n) is 7.36. The van der Waals surface area contributed by atoms with Gasteiger partial charge >= 0.3 is 0 Å². The molecular weight excluding hydrogens is 292 g/mol. The number of aliphatic hydroxyl groups excluding tert-OH is 1. The summed E-state index contributed by atoms with van der Waals surface area (Å²) in [5.41, 5.74) is 2.52. The predicted molar refractivity (Wildman–Crippen MR) is 92.2 cm³/mol. The van der Waals surface area contributed by atoms with E-state index in [9.17, 15) is 9.32 Å². The number of aryl methyl sites for hydroxylation is 1. The van der Waals surface area contributed by atoms with Gasteiger partial charge in [0, 0.05) is 4.90 Å². The lowest BCUT2D eigenvalue weighted by molar-refractivity contribution is 0.181. The van der Waals surface area contributed by atoms with Crippen molar-refractivity contribution < 1.29 is 9.32 Å². The lowest BCUT2D eigenvalue weighted by Gasteiger charge is -2.19. The summed E-state index contributed by atoms with van der Waals surface area (Å²) in [4.78, 5) is 1.45. The molecule has 0 fully saturated rings. The normalized spacial score (nSPS) is 13.9. The summed E-state index contributed by atoms with van der Waals surface area (Å²) in [6, 6.07) is 15.1. The van der Waals surface area contributed by atoms with E-state index in [2.05, 4.69) is 6.58 Å². The summed E-state index contributed by atoms with van der Waals surface area (Å²) in [7, 11) is -1.29. The van der Waals surface area contributed by atoms with Crippen LogP contribution in [-0.4, -0.2) is 15.4 Å². The predicted octanol–water partition coefficient (Wildman–Crippen LogP) is 4.19. The third-order valence-electron chi connectivity index (χ3n) is 3.66. The van der Waals surface area contributed by atoms with Crippen molar-refractivity contribution in [3.8, 4) is 0 Å². The quantitative estimate of drug-likeness (QED) is 0.898. The van der Waals surface area contributed by atoms with Crippen LogP contribution in [-0.2, 0) is 10.8 Å². The Kier molecular flexibility index (Phi) is 5.33. The Hall–Kier alpha value is -1.71. The molecule has 0 radical (unpaired) electrons. The van der Waals surface area contributed by atoms with Crippen molar-refractivity contribution in [2.24, 2.45) is 5.92 Å². The summed E-state index contributed by atoms with van der Waals surface area (Å²) >= 11 is 0. The monoisotopic (exact) mass is 314 g/mol. The largest absolute Gasteiger partial charge is 0.388 e. The average molecular weight is 314 g/mol. The standard InChI is InChI=1S/C19H22O2S/c1-13(2)19(20)15(4)17-7-5-6-8-18(17)22(21)16-11-9-14(3)10-12-16/h5-13,19-20H,4H2,1-3H3/t19-,22-/m0/s1. The highest BCUT2D eigenvalue weighted by molar-refractivity contribution is 7.85. The van der Waals surface area contributed by atoms with E-state index in [0.717, 1.165) is 16.0 Å². The summed E-state index contributed by atoms with van der Waals surface area (Å²) < 4.78 is 12.9. The van der Waals surface area contributed by atoms with Crippen LogP contribution in [0.1, 0.15) is 25.0 Å². The van der Waals surface area contributed by atoms with Gasteiger partial charge in [-0.3, -0.25) is 0 Å². The van der Waals surface area contributed by atoms with Gasteiger partial charge in [0.15, 0.2) is 0 Å². The van der Waals surface area contributed by atoms with Crippen LogP contribution in [0.3, 0.4) is 0 Å².